The van der Waals surface area contributed by atoms with E-state index in [0.717, 1.165) is 0 Å². The van der Waals surface area contributed by atoms with Gasteiger partial charge < -0.3 is 0 Å². The Morgan fingerprint density at radius 3 is 2.42 bits per heavy atom. The van der Waals surface area contributed by atoms with Crippen molar-refractivity contribution in [3.8, 4) is 0 Å². The Bertz CT molecular complexity index is 230. The van der Waals surface area contributed by atoms with Crippen LogP contribution in [-0.4, -0.2) is 21.1 Å². The highest BCUT2D eigenvalue weighted by Gasteiger charge is 2.49. The van der Waals surface area contributed by atoms with E-state index in [1.54, 1.807) is 0 Å². The fourth-order valence-corrected chi connectivity index (χ4v) is 1.61. The van der Waals surface area contributed by atoms with Crippen molar-refractivity contribution in [2.24, 2.45) is 0 Å². The summed E-state index contributed by atoms with van der Waals surface area (Å²) in [6.07, 6.45) is 3.32. The topological polar surface area (TPSA) is 29.1 Å². The van der Waals surface area contributed by atoms with Crippen LogP contribution in [0.5, 0.6) is 0 Å². The quantitative estimate of drug-likeness (QED) is 0.333. The van der Waals surface area contributed by atoms with Crippen LogP contribution in [0.25, 0.3) is 0 Å². The summed E-state index contributed by atoms with van der Waals surface area (Å²) in [5.74, 6) is 0. The molecule has 2 unspecified atom stereocenters. The number of alkyl halides is 4. The molecule has 0 aromatic heterocycles. The van der Waals surface area contributed by atoms with Gasteiger partial charge in [0.2, 0.25) is 0 Å². The van der Waals surface area contributed by atoms with E-state index >= 15 is 0 Å². The van der Waals surface area contributed by atoms with Gasteiger partial charge in [-0.1, -0.05) is 40.9 Å². The SMILES string of the molecule is O=CC1(Cl)NC(Cl)C=CC1(Cl)Cl. The fourth-order valence-electron chi connectivity index (χ4n) is 0.784. The number of hydrogen-bond acceptors (Lipinski definition) is 2. The third kappa shape index (κ3) is 1.73. The highest BCUT2D eigenvalue weighted by atomic mass is 35.5. The molecule has 1 N–H and O–H groups in total. The molecule has 0 aromatic carbocycles. The van der Waals surface area contributed by atoms with E-state index < -0.39 is 14.8 Å². The fraction of sp³-hybridized carbons (Fsp3) is 0.500. The third-order valence-electron chi connectivity index (χ3n) is 1.47. The summed E-state index contributed by atoms with van der Waals surface area (Å²) >= 11 is 22.9. The molecule has 68 valence electrons. The van der Waals surface area contributed by atoms with Crippen LogP contribution in [0.15, 0.2) is 12.2 Å². The lowest BCUT2D eigenvalue weighted by Gasteiger charge is -2.36. The molecule has 0 amide bonds. The first kappa shape index (κ1) is 10.6. The van der Waals surface area contributed by atoms with Gasteiger partial charge in [-0.15, -0.1) is 11.6 Å². The zero-order valence-corrected chi connectivity index (χ0v) is 8.75. The van der Waals surface area contributed by atoms with Gasteiger partial charge in [0.15, 0.2) is 15.6 Å². The molecule has 0 aromatic rings. The second-order valence-electron chi connectivity index (χ2n) is 2.36. The maximum absolute atomic E-state index is 10.6. The average Bonchev–Trinajstić information content (AvgIpc) is 1.98. The molecule has 2 atom stereocenters. The Balaban J connectivity index is 3.01. The highest BCUT2D eigenvalue weighted by molar-refractivity contribution is 6.57. The van der Waals surface area contributed by atoms with Gasteiger partial charge in [0.25, 0.3) is 0 Å². The number of carbonyl (C=O) groups excluding carboxylic acids is 1. The van der Waals surface area contributed by atoms with E-state index in [1.807, 2.05) is 0 Å². The van der Waals surface area contributed by atoms with Crippen LogP contribution < -0.4 is 5.32 Å². The lowest BCUT2D eigenvalue weighted by Crippen LogP contribution is -2.58. The van der Waals surface area contributed by atoms with Gasteiger partial charge >= 0.3 is 0 Å². The molecular formula is C6H5Cl4NO. The van der Waals surface area contributed by atoms with Crippen molar-refractivity contribution in [3.63, 3.8) is 0 Å². The van der Waals surface area contributed by atoms with Crippen molar-refractivity contribution < 1.29 is 4.79 Å². The largest absolute Gasteiger partial charge is 0.300 e. The molecule has 0 bridgehead atoms. The van der Waals surface area contributed by atoms with Crippen LogP contribution in [0.3, 0.4) is 0 Å². The Kier molecular flexibility index (Phi) is 2.96. The van der Waals surface area contributed by atoms with Crippen LogP contribution in [0.4, 0.5) is 0 Å². The molecule has 2 nitrogen and oxygen atoms in total. The first-order valence-corrected chi connectivity index (χ1v) is 4.62. The summed E-state index contributed by atoms with van der Waals surface area (Å²) in [5.41, 5.74) is -0.543. The number of carbonyl (C=O) groups is 1. The lowest BCUT2D eigenvalue weighted by molar-refractivity contribution is -0.111. The summed E-state index contributed by atoms with van der Waals surface area (Å²) in [6.45, 7) is 0. The number of halogens is 4. The Morgan fingerprint density at radius 2 is 2.00 bits per heavy atom. The molecule has 6 heteroatoms. The van der Waals surface area contributed by atoms with Crippen molar-refractivity contribution in [2.75, 3.05) is 0 Å². The van der Waals surface area contributed by atoms with Gasteiger partial charge in [-0.05, 0) is 6.08 Å². The molecule has 1 heterocycles. The number of nitrogens with one attached hydrogen (secondary N) is 1. The number of rotatable bonds is 1. The van der Waals surface area contributed by atoms with Crippen LogP contribution in [0.2, 0.25) is 0 Å². The van der Waals surface area contributed by atoms with E-state index in [1.165, 1.54) is 12.2 Å². The van der Waals surface area contributed by atoms with Crippen molar-refractivity contribution in [1.82, 2.24) is 5.32 Å². The predicted molar refractivity (Wildman–Crippen MR) is 51.0 cm³/mol. The van der Waals surface area contributed by atoms with E-state index in [9.17, 15) is 4.79 Å². The Morgan fingerprint density at radius 1 is 1.42 bits per heavy atom. The molecule has 1 rings (SSSR count). The monoisotopic (exact) mass is 247 g/mol. The predicted octanol–water partition coefficient (Wildman–Crippen LogP) is 2.02. The van der Waals surface area contributed by atoms with Gasteiger partial charge in [-0.25, -0.2) is 0 Å². The molecule has 0 spiro atoms. The van der Waals surface area contributed by atoms with Crippen LogP contribution in [0, 0.1) is 0 Å². The third-order valence-corrected chi connectivity index (χ3v) is 3.26. The molecule has 12 heavy (non-hydrogen) atoms. The van der Waals surface area contributed by atoms with Crippen molar-refractivity contribution in [3.05, 3.63) is 12.2 Å². The first-order valence-electron chi connectivity index (χ1n) is 3.05. The summed E-state index contributed by atoms with van der Waals surface area (Å²) in [7, 11) is 0. The smallest absolute Gasteiger partial charge is 0.187 e. The number of aldehydes is 1. The van der Waals surface area contributed by atoms with Crippen molar-refractivity contribution in [2.45, 2.75) is 14.8 Å². The standard InChI is InChI=1S/C6H5Cl4NO/c7-4-1-2-5(8,9)6(10,3-12)11-4/h1-4,11H. The van der Waals surface area contributed by atoms with Crippen molar-refractivity contribution in [1.29, 1.82) is 0 Å². The van der Waals surface area contributed by atoms with E-state index in [-0.39, 0.29) is 0 Å². The van der Waals surface area contributed by atoms with Gasteiger partial charge in [-0.3, -0.25) is 10.1 Å². The second-order valence-corrected chi connectivity index (χ2v) is 4.81. The summed E-state index contributed by atoms with van der Waals surface area (Å²) in [4.78, 5) is 9.03. The van der Waals surface area contributed by atoms with E-state index in [0.29, 0.717) is 6.29 Å². The van der Waals surface area contributed by atoms with Gasteiger partial charge in [0.05, 0.1) is 0 Å². The molecule has 0 aliphatic carbocycles. The summed E-state index contributed by atoms with van der Waals surface area (Å²) < 4.78 is -1.47. The highest BCUT2D eigenvalue weighted by Crippen LogP contribution is 2.40. The summed E-state index contributed by atoms with van der Waals surface area (Å²) in [5, 5.41) is 2.54. The minimum absolute atomic E-state index is 0.424. The molecule has 0 saturated carbocycles. The molecule has 0 saturated heterocycles. The lowest BCUT2D eigenvalue weighted by atomic mass is 10.1. The molecule has 1 aliphatic rings. The molecular weight excluding hydrogens is 244 g/mol. The van der Waals surface area contributed by atoms with Gasteiger partial charge in [0.1, 0.15) is 5.50 Å². The van der Waals surface area contributed by atoms with Crippen molar-refractivity contribution >= 4 is 52.7 Å². The van der Waals surface area contributed by atoms with Crippen LogP contribution in [-0.2, 0) is 4.79 Å². The van der Waals surface area contributed by atoms with E-state index in [2.05, 4.69) is 5.32 Å². The van der Waals surface area contributed by atoms with Gasteiger partial charge in [0, 0.05) is 0 Å². The molecule has 0 radical (unpaired) electrons. The molecule has 0 fully saturated rings. The number of hydrogen-bond donors (Lipinski definition) is 1. The summed E-state index contributed by atoms with van der Waals surface area (Å²) in [6, 6.07) is 0. The Hall–Kier alpha value is 0.530. The van der Waals surface area contributed by atoms with Crippen LogP contribution >= 0.6 is 46.4 Å². The van der Waals surface area contributed by atoms with Crippen LogP contribution in [0.1, 0.15) is 0 Å². The zero-order chi connectivity index (χ0) is 9.41. The van der Waals surface area contributed by atoms with E-state index in [4.69, 9.17) is 46.4 Å². The minimum atomic E-state index is -1.56. The molecule has 1 aliphatic heterocycles. The normalized spacial score (nSPS) is 39.5. The zero-order valence-electron chi connectivity index (χ0n) is 5.73. The maximum atomic E-state index is 10.6. The minimum Gasteiger partial charge on any atom is -0.300 e. The van der Waals surface area contributed by atoms with Gasteiger partial charge in [-0.2, -0.15) is 0 Å². The Labute approximate surface area is 89.8 Å². The average molecular weight is 249 g/mol. The second kappa shape index (κ2) is 3.35. The maximum Gasteiger partial charge on any atom is 0.187 e. The first-order chi connectivity index (χ1) is 5.41.